The molecule has 224 valence electrons. The highest BCUT2D eigenvalue weighted by atomic mass is 28.4. The van der Waals surface area contributed by atoms with Crippen molar-refractivity contribution >= 4 is 9.05 Å². The zero-order valence-corrected chi connectivity index (χ0v) is 27.6. The van der Waals surface area contributed by atoms with Crippen molar-refractivity contribution in [3.05, 3.63) is 0 Å². The molecule has 0 bridgehead atoms. The van der Waals surface area contributed by atoms with Crippen LogP contribution >= 0.6 is 0 Å². The fraction of sp³-hybridized carbons (Fsp3) is 1.00. The van der Waals surface area contributed by atoms with Crippen LogP contribution in [-0.4, -0.2) is 33.5 Å². The van der Waals surface area contributed by atoms with Crippen LogP contribution in [0.5, 0.6) is 0 Å². The second-order valence-corrected chi connectivity index (χ2v) is 13.1. The van der Waals surface area contributed by atoms with E-state index in [-0.39, 0.29) is 24.4 Å². The minimum Gasteiger partial charge on any atom is -0.348 e. The second kappa shape index (κ2) is 25.1. The third-order valence-corrected chi connectivity index (χ3v) is 9.69. The van der Waals surface area contributed by atoms with Gasteiger partial charge >= 0.3 is 9.05 Å². The van der Waals surface area contributed by atoms with Crippen molar-refractivity contribution in [3.8, 4) is 0 Å². The lowest BCUT2D eigenvalue weighted by Gasteiger charge is -2.39. The minimum atomic E-state index is -3.40. The van der Waals surface area contributed by atoms with Crippen molar-refractivity contribution in [2.45, 2.75) is 208 Å². The third kappa shape index (κ3) is 18.1. The maximum atomic E-state index is 7.12. The lowest BCUT2D eigenvalue weighted by Crippen LogP contribution is -2.57. The maximum Gasteiger partial charge on any atom is 0.680 e. The van der Waals surface area contributed by atoms with Gasteiger partial charge in [0.25, 0.3) is 0 Å². The molecule has 0 aromatic rings. The van der Waals surface area contributed by atoms with Gasteiger partial charge in [0.15, 0.2) is 0 Å². The third-order valence-electron chi connectivity index (χ3n) is 7.21. The largest absolute Gasteiger partial charge is 0.680 e. The smallest absolute Gasteiger partial charge is 0.348 e. The van der Waals surface area contributed by atoms with E-state index >= 15 is 0 Å². The SMILES string of the molecule is CCCCC(CCC)O[Si](OC(CCC)CCCC)(OC(CCC)CCCC)OC(CCC)CCCC. The number of hydrogen-bond donors (Lipinski definition) is 0. The summed E-state index contributed by atoms with van der Waals surface area (Å²) in [5, 5.41) is 0. The lowest BCUT2D eigenvalue weighted by atomic mass is 10.1. The minimum absolute atomic E-state index is 0.145. The molecule has 0 spiro atoms. The molecule has 0 fully saturated rings. The Morgan fingerprint density at radius 2 is 0.541 bits per heavy atom. The molecule has 0 saturated heterocycles. The Bertz CT molecular complexity index is 390. The monoisotopic (exact) mass is 544 g/mol. The highest BCUT2D eigenvalue weighted by Gasteiger charge is 2.52. The van der Waals surface area contributed by atoms with E-state index in [1.165, 1.54) is 51.4 Å². The molecule has 4 atom stereocenters. The van der Waals surface area contributed by atoms with E-state index in [0.717, 1.165) is 77.0 Å². The Balaban J connectivity index is 6.44. The summed E-state index contributed by atoms with van der Waals surface area (Å²) in [6.07, 6.45) is 22.8. The van der Waals surface area contributed by atoms with E-state index in [1.54, 1.807) is 0 Å². The summed E-state index contributed by atoms with van der Waals surface area (Å²) in [5.74, 6) is 0. The van der Waals surface area contributed by atoms with Gasteiger partial charge in [0.1, 0.15) is 0 Å². The van der Waals surface area contributed by atoms with Gasteiger partial charge in [-0.1, -0.05) is 132 Å². The van der Waals surface area contributed by atoms with Gasteiger partial charge in [-0.3, -0.25) is 0 Å². The first-order valence-corrected chi connectivity index (χ1v) is 18.3. The van der Waals surface area contributed by atoms with Crippen molar-refractivity contribution in [2.24, 2.45) is 0 Å². The molecule has 0 aliphatic heterocycles. The molecule has 0 rings (SSSR count). The molecule has 0 amide bonds. The van der Waals surface area contributed by atoms with Crippen LogP contribution in [0.2, 0.25) is 0 Å². The fourth-order valence-electron chi connectivity index (χ4n) is 5.05. The van der Waals surface area contributed by atoms with Gasteiger partial charge in [0, 0.05) is 0 Å². The van der Waals surface area contributed by atoms with Crippen molar-refractivity contribution in [1.82, 2.24) is 0 Å². The fourth-order valence-corrected chi connectivity index (χ4v) is 7.96. The molecule has 5 heteroatoms. The van der Waals surface area contributed by atoms with Crippen LogP contribution < -0.4 is 0 Å². The Morgan fingerprint density at radius 3 is 0.703 bits per heavy atom. The Kier molecular flexibility index (Phi) is 25.1. The Hall–Kier alpha value is 0.0569. The molecule has 0 saturated carbocycles. The quantitative estimate of drug-likeness (QED) is 0.0918. The first kappa shape index (κ1) is 37.1. The first-order valence-electron chi connectivity index (χ1n) is 16.7. The van der Waals surface area contributed by atoms with Gasteiger partial charge in [-0.25, -0.2) is 0 Å². The number of hydrogen-bond acceptors (Lipinski definition) is 4. The van der Waals surface area contributed by atoms with Crippen LogP contribution in [0.15, 0.2) is 0 Å². The summed E-state index contributed by atoms with van der Waals surface area (Å²) in [5.41, 5.74) is 0. The summed E-state index contributed by atoms with van der Waals surface area (Å²) < 4.78 is 28.5. The maximum absolute atomic E-state index is 7.12. The predicted molar refractivity (Wildman–Crippen MR) is 163 cm³/mol. The molecule has 0 aliphatic rings. The van der Waals surface area contributed by atoms with Crippen molar-refractivity contribution in [3.63, 3.8) is 0 Å². The van der Waals surface area contributed by atoms with Gasteiger partial charge in [0.2, 0.25) is 0 Å². The average Bonchev–Trinajstić information content (AvgIpc) is 2.88. The van der Waals surface area contributed by atoms with Gasteiger partial charge in [0.05, 0.1) is 24.4 Å². The van der Waals surface area contributed by atoms with Crippen molar-refractivity contribution in [2.75, 3.05) is 0 Å². The number of unbranched alkanes of at least 4 members (excludes halogenated alkanes) is 4. The Labute approximate surface area is 234 Å². The van der Waals surface area contributed by atoms with E-state index < -0.39 is 9.05 Å². The van der Waals surface area contributed by atoms with Crippen LogP contribution in [0.3, 0.4) is 0 Å². The van der Waals surface area contributed by atoms with E-state index in [4.69, 9.17) is 17.7 Å². The molecule has 4 nitrogen and oxygen atoms in total. The molecule has 0 aromatic carbocycles. The summed E-state index contributed by atoms with van der Waals surface area (Å²) in [7, 11) is -3.40. The highest BCUT2D eigenvalue weighted by molar-refractivity contribution is 6.53. The summed E-state index contributed by atoms with van der Waals surface area (Å²) >= 11 is 0. The van der Waals surface area contributed by atoms with Crippen molar-refractivity contribution < 1.29 is 17.7 Å². The average molecular weight is 545 g/mol. The molecular formula is C32H68O4Si. The molecule has 0 radical (unpaired) electrons. The second-order valence-electron chi connectivity index (χ2n) is 11.2. The molecule has 37 heavy (non-hydrogen) atoms. The van der Waals surface area contributed by atoms with Gasteiger partial charge in [-0.15, -0.1) is 0 Å². The van der Waals surface area contributed by atoms with Crippen LogP contribution in [0, 0.1) is 0 Å². The highest BCUT2D eigenvalue weighted by Crippen LogP contribution is 2.31. The van der Waals surface area contributed by atoms with Crippen LogP contribution in [-0.2, 0) is 17.7 Å². The van der Waals surface area contributed by atoms with Crippen LogP contribution in [0.4, 0.5) is 0 Å². The molecule has 0 N–H and O–H groups in total. The van der Waals surface area contributed by atoms with Gasteiger partial charge < -0.3 is 17.7 Å². The van der Waals surface area contributed by atoms with Crippen molar-refractivity contribution in [1.29, 1.82) is 0 Å². The Morgan fingerprint density at radius 1 is 0.324 bits per heavy atom. The molecule has 0 heterocycles. The number of rotatable bonds is 28. The first-order chi connectivity index (χ1) is 18.0. The lowest BCUT2D eigenvalue weighted by molar-refractivity contribution is -0.114. The summed E-state index contributed by atoms with van der Waals surface area (Å²) in [6, 6.07) is 0. The molecule has 0 aromatic heterocycles. The topological polar surface area (TPSA) is 36.9 Å². The van der Waals surface area contributed by atoms with Gasteiger partial charge in [-0.05, 0) is 51.4 Å². The van der Waals surface area contributed by atoms with E-state index in [2.05, 4.69) is 55.4 Å². The normalized spacial score (nSPS) is 16.9. The molecule has 4 unspecified atom stereocenters. The van der Waals surface area contributed by atoms with Crippen LogP contribution in [0.25, 0.3) is 0 Å². The van der Waals surface area contributed by atoms with Gasteiger partial charge in [-0.2, -0.15) is 0 Å². The summed E-state index contributed by atoms with van der Waals surface area (Å²) in [6.45, 7) is 18.1. The van der Waals surface area contributed by atoms with E-state index in [9.17, 15) is 0 Å². The predicted octanol–water partition coefficient (Wildman–Crippen LogP) is 10.9. The zero-order chi connectivity index (χ0) is 27.8. The molecule has 0 aliphatic carbocycles. The zero-order valence-electron chi connectivity index (χ0n) is 26.6. The van der Waals surface area contributed by atoms with E-state index in [1.807, 2.05) is 0 Å². The van der Waals surface area contributed by atoms with E-state index in [0.29, 0.717) is 0 Å². The summed E-state index contributed by atoms with van der Waals surface area (Å²) in [4.78, 5) is 0. The van der Waals surface area contributed by atoms with Crippen LogP contribution in [0.1, 0.15) is 184 Å². The molecular weight excluding hydrogens is 476 g/mol. The standard InChI is InChI=1S/C32H68O4Si/c1-9-17-25-29(21-13-5)33-37(34-30(22-14-6)26-18-10-2,35-31(23-15-7)27-19-11-3)36-32(24-16-8)28-20-12-4/h29-32H,9-28H2,1-8H3.